The van der Waals surface area contributed by atoms with Gasteiger partial charge in [0.05, 0.1) is 0 Å². The summed E-state index contributed by atoms with van der Waals surface area (Å²) in [4.78, 5) is 11.1. The highest BCUT2D eigenvalue weighted by Gasteiger charge is 2.42. The molecule has 1 N–H and O–H groups in total. The van der Waals surface area contributed by atoms with Crippen LogP contribution in [0.5, 0.6) is 0 Å². The first-order chi connectivity index (χ1) is 4.60. The minimum Gasteiger partial charge on any atom is -0.371 e. The van der Waals surface area contributed by atoms with Crippen LogP contribution in [0.4, 0.5) is 0 Å². The number of aliphatic hydroxyl groups is 1. The van der Waals surface area contributed by atoms with Gasteiger partial charge in [0.1, 0.15) is 0 Å². The summed E-state index contributed by atoms with van der Waals surface area (Å²) in [5.74, 6) is 1.86. The summed E-state index contributed by atoms with van der Waals surface area (Å²) < 4.78 is 0. The lowest BCUT2D eigenvalue weighted by Crippen LogP contribution is -2.33. The maximum atomic E-state index is 11.1. The van der Waals surface area contributed by atoms with E-state index in [1.54, 1.807) is 6.92 Å². The minimum absolute atomic E-state index is 0.0685. The summed E-state index contributed by atoms with van der Waals surface area (Å²) >= 11 is 0. The zero-order valence-electron chi connectivity index (χ0n) is 5.92. The smallest absolute Gasteiger partial charge is 0.184 e. The van der Waals surface area contributed by atoms with Gasteiger partial charge in [0.2, 0.25) is 0 Å². The normalized spacial score (nSPS) is 39.7. The molecule has 0 aromatic heterocycles. The number of carbonyl (C=O) groups is 1. The highest BCUT2D eigenvalue weighted by Crippen LogP contribution is 2.29. The highest BCUT2D eigenvalue weighted by molar-refractivity contribution is 5.93. The van der Waals surface area contributed by atoms with E-state index in [-0.39, 0.29) is 11.7 Å². The van der Waals surface area contributed by atoms with Gasteiger partial charge < -0.3 is 5.11 Å². The molecule has 0 spiro atoms. The van der Waals surface area contributed by atoms with E-state index in [2.05, 4.69) is 5.92 Å². The SMILES string of the molecule is C#C[C@@]1(O)CC[C@H](C)C1=O. The molecule has 2 heteroatoms. The van der Waals surface area contributed by atoms with Crippen LogP contribution in [0.25, 0.3) is 0 Å². The lowest BCUT2D eigenvalue weighted by molar-refractivity contribution is -0.131. The molecule has 2 atom stereocenters. The summed E-state index contributed by atoms with van der Waals surface area (Å²) in [5, 5.41) is 9.35. The number of ketones is 1. The first-order valence-corrected chi connectivity index (χ1v) is 3.34. The van der Waals surface area contributed by atoms with Crippen LogP contribution in [-0.2, 0) is 4.79 Å². The van der Waals surface area contributed by atoms with Crippen LogP contribution in [0.1, 0.15) is 19.8 Å². The van der Waals surface area contributed by atoms with E-state index < -0.39 is 5.60 Å². The minimum atomic E-state index is -1.45. The zero-order chi connectivity index (χ0) is 7.78. The van der Waals surface area contributed by atoms with Crippen molar-refractivity contribution in [1.29, 1.82) is 0 Å². The molecule has 0 amide bonds. The van der Waals surface area contributed by atoms with Gasteiger partial charge in [-0.3, -0.25) is 4.79 Å². The Morgan fingerprint density at radius 3 is 2.70 bits per heavy atom. The average Bonchev–Trinajstić information content (AvgIpc) is 2.19. The van der Waals surface area contributed by atoms with Crippen molar-refractivity contribution in [2.24, 2.45) is 5.92 Å². The molecule has 1 aliphatic carbocycles. The molecule has 1 rings (SSSR count). The Morgan fingerprint density at radius 2 is 2.50 bits per heavy atom. The topological polar surface area (TPSA) is 37.3 Å². The lowest BCUT2D eigenvalue weighted by atomic mass is 10.0. The Kier molecular flexibility index (Phi) is 1.53. The largest absolute Gasteiger partial charge is 0.371 e. The van der Waals surface area contributed by atoms with Crippen LogP contribution in [0.3, 0.4) is 0 Å². The molecule has 0 bridgehead atoms. The standard InChI is InChI=1S/C8H10O2/c1-3-8(10)5-4-6(2)7(8)9/h1,6,10H,4-5H2,2H3/t6-,8+/m0/s1. The van der Waals surface area contributed by atoms with E-state index in [9.17, 15) is 9.90 Å². The fourth-order valence-electron chi connectivity index (χ4n) is 1.23. The number of hydrogen-bond acceptors (Lipinski definition) is 2. The van der Waals surface area contributed by atoms with Gasteiger partial charge in [-0.05, 0) is 12.8 Å². The molecule has 1 aliphatic rings. The number of hydrogen-bond donors (Lipinski definition) is 1. The number of carbonyl (C=O) groups excluding carboxylic acids is 1. The first-order valence-electron chi connectivity index (χ1n) is 3.34. The van der Waals surface area contributed by atoms with Gasteiger partial charge in [-0.25, -0.2) is 0 Å². The third-order valence-electron chi connectivity index (χ3n) is 2.03. The Labute approximate surface area is 60.2 Å². The molecular formula is C8H10O2. The number of rotatable bonds is 0. The van der Waals surface area contributed by atoms with E-state index in [1.807, 2.05) is 0 Å². The van der Waals surface area contributed by atoms with Crippen LogP contribution in [0, 0.1) is 18.3 Å². The predicted octanol–water partition coefficient (Wildman–Crippen LogP) is 0.350. The average molecular weight is 138 g/mol. The van der Waals surface area contributed by atoms with Crippen LogP contribution in [0.15, 0.2) is 0 Å². The Morgan fingerprint density at radius 1 is 1.90 bits per heavy atom. The highest BCUT2D eigenvalue weighted by atomic mass is 16.3. The van der Waals surface area contributed by atoms with Crippen molar-refractivity contribution >= 4 is 5.78 Å². The third kappa shape index (κ3) is 0.833. The van der Waals surface area contributed by atoms with E-state index in [0.717, 1.165) is 0 Å². The molecule has 54 valence electrons. The fraction of sp³-hybridized carbons (Fsp3) is 0.625. The van der Waals surface area contributed by atoms with E-state index >= 15 is 0 Å². The van der Waals surface area contributed by atoms with E-state index in [4.69, 9.17) is 6.42 Å². The lowest BCUT2D eigenvalue weighted by Gasteiger charge is -2.11. The molecule has 0 radical (unpaired) electrons. The number of Topliss-reactive ketones (excluding diaryl/α,β-unsaturated/α-hetero) is 1. The second-order valence-corrected chi connectivity index (χ2v) is 2.81. The monoisotopic (exact) mass is 138 g/mol. The molecule has 1 fully saturated rings. The summed E-state index contributed by atoms with van der Waals surface area (Å²) in [7, 11) is 0. The van der Waals surface area contributed by atoms with Crippen molar-refractivity contribution in [3.63, 3.8) is 0 Å². The molecule has 0 aromatic carbocycles. The van der Waals surface area contributed by atoms with Crippen LogP contribution >= 0.6 is 0 Å². The van der Waals surface area contributed by atoms with Gasteiger partial charge in [-0.1, -0.05) is 12.8 Å². The molecule has 0 saturated heterocycles. The van der Waals surface area contributed by atoms with Gasteiger partial charge in [-0.15, -0.1) is 6.42 Å². The van der Waals surface area contributed by atoms with Crippen molar-refractivity contribution in [1.82, 2.24) is 0 Å². The molecule has 0 unspecified atom stereocenters. The van der Waals surface area contributed by atoms with Crippen LogP contribution in [0.2, 0.25) is 0 Å². The summed E-state index contributed by atoms with van der Waals surface area (Å²) in [6.45, 7) is 1.79. The van der Waals surface area contributed by atoms with Gasteiger partial charge in [0.25, 0.3) is 0 Å². The maximum Gasteiger partial charge on any atom is 0.184 e. The summed E-state index contributed by atoms with van der Waals surface area (Å²) in [6, 6.07) is 0. The van der Waals surface area contributed by atoms with Crippen molar-refractivity contribution < 1.29 is 9.90 Å². The van der Waals surface area contributed by atoms with Gasteiger partial charge in [0, 0.05) is 5.92 Å². The van der Waals surface area contributed by atoms with Crippen molar-refractivity contribution in [2.45, 2.75) is 25.4 Å². The quantitative estimate of drug-likeness (QED) is 0.490. The van der Waals surface area contributed by atoms with Gasteiger partial charge >= 0.3 is 0 Å². The number of terminal acetylenes is 1. The molecule has 2 nitrogen and oxygen atoms in total. The third-order valence-corrected chi connectivity index (χ3v) is 2.03. The second kappa shape index (κ2) is 2.10. The fourth-order valence-corrected chi connectivity index (χ4v) is 1.23. The first kappa shape index (κ1) is 7.30. The Bertz CT molecular complexity index is 202. The van der Waals surface area contributed by atoms with Crippen molar-refractivity contribution in [3.05, 3.63) is 0 Å². The summed E-state index contributed by atoms with van der Waals surface area (Å²) in [5.41, 5.74) is -1.45. The predicted molar refractivity (Wildman–Crippen MR) is 37.2 cm³/mol. The Hall–Kier alpha value is -0.810. The molecular weight excluding hydrogens is 128 g/mol. The van der Waals surface area contributed by atoms with Gasteiger partial charge in [-0.2, -0.15) is 0 Å². The maximum absolute atomic E-state index is 11.1. The molecule has 10 heavy (non-hydrogen) atoms. The van der Waals surface area contributed by atoms with Crippen LogP contribution < -0.4 is 0 Å². The molecule has 0 heterocycles. The van der Waals surface area contributed by atoms with Gasteiger partial charge in [0.15, 0.2) is 11.4 Å². The van der Waals surface area contributed by atoms with Crippen molar-refractivity contribution in [2.75, 3.05) is 0 Å². The van der Waals surface area contributed by atoms with Crippen LogP contribution in [-0.4, -0.2) is 16.5 Å². The second-order valence-electron chi connectivity index (χ2n) is 2.81. The zero-order valence-corrected chi connectivity index (χ0v) is 5.92. The molecule has 0 aromatic rings. The van der Waals surface area contributed by atoms with Crippen molar-refractivity contribution in [3.8, 4) is 12.3 Å². The van der Waals surface area contributed by atoms with E-state index in [1.165, 1.54) is 0 Å². The van der Waals surface area contributed by atoms with E-state index in [0.29, 0.717) is 12.8 Å². The Balaban J connectivity index is 2.86. The summed E-state index contributed by atoms with van der Waals surface area (Å²) in [6.07, 6.45) is 6.13. The molecule has 1 saturated carbocycles. The molecule has 0 aliphatic heterocycles.